The molecule has 0 saturated carbocycles. The van der Waals surface area contributed by atoms with Crippen LogP contribution < -0.4 is 22.9 Å². The molecule has 0 heterocycles. The van der Waals surface area contributed by atoms with Crippen molar-refractivity contribution in [1.82, 2.24) is 0 Å². The Kier molecular flexibility index (Phi) is 6.67. The van der Waals surface area contributed by atoms with E-state index in [0.717, 1.165) is 19.3 Å². The Hall–Kier alpha value is -0.490. The van der Waals surface area contributed by atoms with Crippen molar-refractivity contribution < 1.29 is 4.79 Å². The van der Waals surface area contributed by atoms with E-state index < -0.39 is 11.7 Å². The van der Waals surface area contributed by atoms with Crippen LogP contribution in [0.4, 0.5) is 0 Å². The Morgan fingerprint density at radius 1 is 1.33 bits per heavy atom. The van der Waals surface area contributed by atoms with Crippen molar-refractivity contribution in [2.24, 2.45) is 22.9 Å². The van der Waals surface area contributed by atoms with Crippen molar-refractivity contribution in [3.63, 3.8) is 0 Å². The summed E-state index contributed by atoms with van der Waals surface area (Å²) >= 11 is 0. The van der Waals surface area contributed by atoms with Gasteiger partial charge < -0.3 is 22.9 Å². The summed E-state index contributed by atoms with van der Waals surface area (Å²) in [4.78, 5) is 11.7. The molecule has 0 saturated heterocycles. The second-order valence-corrected chi connectivity index (χ2v) is 4.05. The quantitative estimate of drug-likeness (QED) is 0.319. The molecule has 1 atom stereocenters. The fourth-order valence-electron chi connectivity index (χ4n) is 1.52. The number of Topliss-reactive ketones (excluding diaryl/α,β-unsaturated/α-hetero) is 1. The summed E-state index contributed by atoms with van der Waals surface area (Å²) in [5.74, 6) is -0.249. The van der Waals surface area contributed by atoms with E-state index in [1.54, 1.807) is 0 Å². The lowest BCUT2D eigenvalue weighted by atomic mass is 9.93. The Labute approximate surface area is 91.5 Å². The summed E-state index contributed by atoms with van der Waals surface area (Å²) < 4.78 is 0. The second kappa shape index (κ2) is 6.90. The molecule has 0 aromatic heterocycles. The maximum atomic E-state index is 11.7. The molecule has 0 amide bonds. The highest BCUT2D eigenvalue weighted by atomic mass is 16.1. The van der Waals surface area contributed by atoms with Gasteiger partial charge in [-0.2, -0.15) is 0 Å². The highest BCUT2D eigenvalue weighted by Crippen LogP contribution is 2.09. The van der Waals surface area contributed by atoms with Gasteiger partial charge in [0.05, 0.1) is 6.04 Å². The van der Waals surface area contributed by atoms with E-state index in [0.29, 0.717) is 19.4 Å². The van der Waals surface area contributed by atoms with Gasteiger partial charge in [0.25, 0.3) is 0 Å². The van der Waals surface area contributed by atoms with E-state index >= 15 is 0 Å². The third-order valence-electron chi connectivity index (χ3n) is 2.43. The number of nitrogens with two attached hydrogens (primary N) is 4. The van der Waals surface area contributed by atoms with Gasteiger partial charge in [-0.05, 0) is 25.8 Å². The van der Waals surface area contributed by atoms with Crippen molar-refractivity contribution in [3.05, 3.63) is 0 Å². The minimum absolute atomic E-state index is 0.249. The zero-order valence-corrected chi connectivity index (χ0v) is 9.54. The first-order chi connectivity index (χ1) is 6.95. The van der Waals surface area contributed by atoms with Crippen LogP contribution in [-0.4, -0.2) is 24.0 Å². The largest absolute Gasteiger partial charge is 0.330 e. The Balaban J connectivity index is 4.06. The molecule has 0 rings (SSSR count). The van der Waals surface area contributed by atoms with Crippen molar-refractivity contribution in [1.29, 1.82) is 0 Å². The highest BCUT2D eigenvalue weighted by molar-refractivity contribution is 5.91. The molecule has 0 radical (unpaired) electrons. The van der Waals surface area contributed by atoms with Gasteiger partial charge in [-0.3, -0.25) is 4.79 Å². The van der Waals surface area contributed by atoms with Crippen molar-refractivity contribution in [3.8, 4) is 0 Å². The van der Waals surface area contributed by atoms with E-state index in [2.05, 4.69) is 0 Å². The van der Waals surface area contributed by atoms with Gasteiger partial charge in [0.15, 0.2) is 5.78 Å². The number of ketones is 1. The number of carbonyl (C=O) groups excluding carboxylic acids is 1. The lowest BCUT2D eigenvalue weighted by molar-refractivity contribution is -0.125. The number of hydrogen-bond donors (Lipinski definition) is 4. The van der Waals surface area contributed by atoms with Crippen LogP contribution in [0.25, 0.3) is 0 Å². The third-order valence-corrected chi connectivity index (χ3v) is 2.43. The first kappa shape index (κ1) is 14.5. The second-order valence-electron chi connectivity index (χ2n) is 4.05. The van der Waals surface area contributed by atoms with Crippen LogP contribution in [0.2, 0.25) is 0 Å². The molecule has 0 aliphatic rings. The smallest absolute Gasteiger partial charge is 0.183 e. The molecule has 0 aliphatic carbocycles. The Morgan fingerprint density at radius 3 is 2.40 bits per heavy atom. The standard InChI is InChI=1S/C10H24N4O/c1-2-6-10(13,14)9(15)8(12)5-3-4-7-11/h8H,2-7,11-14H2,1H3/t8-/m0/s1. The van der Waals surface area contributed by atoms with Gasteiger partial charge in [-0.15, -0.1) is 0 Å². The molecule has 0 aromatic carbocycles. The van der Waals surface area contributed by atoms with E-state index in [-0.39, 0.29) is 5.78 Å². The summed E-state index contributed by atoms with van der Waals surface area (Å²) in [5.41, 5.74) is 21.2. The van der Waals surface area contributed by atoms with E-state index in [1.807, 2.05) is 6.92 Å². The minimum atomic E-state index is -1.27. The van der Waals surface area contributed by atoms with Crippen molar-refractivity contribution in [2.45, 2.75) is 50.7 Å². The fraction of sp³-hybridized carbons (Fsp3) is 0.900. The van der Waals surface area contributed by atoms with Crippen LogP contribution in [0.3, 0.4) is 0 Å². The molecule has 8 N–H and O–H groups in total. The van der Waals surface area contributed by atoms with E-state index in [4.69, 9.17) is 22.9 Å². The summed E-state index contributed by atoms with van der Waals surface area (Å²) in [6.45, 7) is 2.55. The number of hydrogen-bond acceptors (Lipinski definition) is 5. The van der Waals surface area contributed by atoms with Crippen LogP contribution in [0, 0.1) is 0 Å². The number of unbranched alkanes of at least 4 members (excludes halogenated alkanes) is 1. The van der Waals surface area contributed by atoms with Crippen LogP contribution in [0.5, 0.6) is 0 Å². The Bertz CT molecular complexity index is 194. The lowest BCUT2D eigenvalue weighted by Crippen LogP contribution is -2.61. The maximum Gasteiger partial charge on any atom is 0.183 e. The highest BCUT2D eigenvalue weighted by Gasteiger charge is 2.31. The lowest BCUT2D eigenvalue weighted by Gasteiger charge is -2.25. The maximum absolute atomic E-state index is 11.7. The molecule has 0 aliphatic heterocycles. The third kappa shape index (κ3) is 5.22. The molecule has 15 heavy (non-hydrogen) atoms. The molecule has 90 valence electrons. The predicted molar refractivity (Wildman–Crippen MR) is 61.9 cm³/mol. The monoisotopic (exact) mass is 216 g/mol. The van der Waals surface area contributed by atoms with Crippen LogP contribution in [-0.2, 0) is 4.79 Å². The molecule has 0 fully saturated rings. The summed E-state index contributed by atoms with van der Waals surface area (Å²) in [6.07, 6.45) is 3.56. The van der Waals surface area contributed by atoms with Gasteiger partial charge in [-0.25, -0.2) is 0 Å². The zero-order chi connectivity index (χ0) is 11.9. The SMILES string of the molecule is CCCC(N)(N)C(=O)[C@@H](N)CCCCN. The molecule has 0 spiro atoms. The molecule has 0 unspecified atom stereocenters. The van der Waals surface area contributed by atoms with Gasteiger partial charge in [-0.1, -0.05) is 19.8 Å². The normalized spacial score (nSPS) is 13.9. The average molecular weight is 216 g/mol. The number of rotatable bonds is 8. The molecular formula is C10H24N4O. The Morgan fingerprint density at radius 2 is 1.93 bits per heavy atom. The van der Waals surface area contributed by atoms with Gasteiger partial charge in [0.2, 0.25) is 0 Å². The zero-order valence-electron chi connectivity index (χ0n) is 9.54. The molecule has 0 aromatic rings. The predicted octanol–water partition coefficient (Wildman–Crippen LogP) is -0.574. The van der Waals surface area contributed by atoms with Gasteiger partial charge in [0, 0.05) is 0 Å². The first-order valence-corrected chi connectivity index (χ1v) is 5.53. The molecular weight excluding hydrogens is 192 g/mol. The van der Waals surface area contributed by atoms with E-state index in [9.17, 15) is 4.79 Å². The van der Waals surface area contributed by atoms with Crippen molar-refractivity contribution >= 4 is 5.78 Å². The first-order valence-electron chi connectivity index (χ1n) is 5.53. The topological polar surface area (TPSA) is 121 Å². The summed E-state index contributed by atoms with van der Waals surface area (Å²) in [5, 5.41) is 0. The van der Waals surface area contributed by atoms with Crippen LogP contribution in [0.1, 0.15) is 39.0 Å². The molecule has 5 heteroatoms. The molecule has 0 bridgehead atoms. The van der Waals surface area contributed by atoms with E-state index in [1.165, 1.54) is 0 Å². The van der Waals surface area contributed by atoms with Gasteiger partial charge in [0.1, 0.15) is 5.66 Å². The van der Waals surface area contributed by atoms with Gasteiger partial charge >= 0.3 is 0 Å². The fourth-order valence-corrected chi connectivity index (χ4v) is 1.52. The molecule has 5 nitrogen and oxygen atoms in total. The van der Waals surface area contributed by atoms with Crippen LogP contribution in [0.15, 0.2) is 0 Å². The summed E-state index contributed by atoms with van der Waals surface area (Å²) in [7, 11) is 0. The summed E-state index contributed by atoms with van der Waals surface area (Å²) in [6, 6.07) is -0.557. The number of carbonyl (C=O) groups is 1. The average Bonchev–Trinajstić information content (AvgIpc) is 2.16. The minimum Gasteiger partial charge on any atom is -0.330 e. The van der Waals surface area contributed by atoms with Crippen molar-refractivity contribution in [2.75, 3.05) is 6.54 Å². The van der Waals surface area contributed by atoms with Crippen LogP contribution >= 0.6 is 0 Å².